The van der Waals surface area contributed by atoms with E-state index in [-0.39, 0.29) is 12.4 Å². The number of carbonyl (C=O) groups is 2. The van der Waals surface area contributed by atoms with Crippen molar-refractivity contribution in [3.8, 4) is 5.75 Å². The first kappa shape index (κ1) is 30.3. The fourth-order valence-electron chi connectivity index (χ4n) is 4.11. The van der Waals surface area contributed by atoms with Crippen molar-refractivity contribution in [3.05, 3.63) is 82.5 Å². The van der Waals surface area contributed by atoms with Gasteiger partial charge in [-0.1, -0.05) is 23.7 Å². The number of imidazole rings is 1. The van der Waals surface area contributed by atoms with Gasteiger partial charge in [-0.05, 0) is 55.9 Å². The van der Waals surface area contributed by atoms with Gasteiger partial charge in [0, 0.05) is 46.4 Å². The van der Waals surface area contributed by atoms with Crippen LogP contribution in [0.4, 0.5) is 0 Å². The van der Waals surface area contributed by atoms with Crippen molar-refractivity contribution in [1.82, 2.24) is 19.4 Å². The van der Waals surface area contributed by atoms with Crippen LogP contribution >= 0.6 is 11.6 Å². The predicted molar refractivity (Wildman–Crippen MR) is 156 cm³/mol. The highest BCUT2D eigenvalue weighted by Crippen LogP contribution is 2.24. The molecule has 0 spiro atoms. The van der Waals surface area contributed by atoms with Crippen molar-refractivity contribution in [2.75, 3.05) is 46.4 Å². The molecule has 6 rings (SSSR count). The van der Waals surface area contributed by atoms with Gasteiger partial charge in [0.25, 0.3) is 0 Å². The van der Waals surface area contributed by atoms with E-state index in [1.54, 1.807) is 42.5 Å². The molecule has 11 heteroatoms. The van der Waals surface area contributed by atoms with Gasteiger partial charge >= 0.3 is 5.97 Å². The molecule has 41 heavy (non-hydrogen) atoms. The first-order chi connectivity index (χ1) is 19.8. The molecule has 0 radical (unpaired) electrons. The first-order valence-electron chi connectivity index (χ1n) is 13.4. The lowest BCUT2D eigenvalue weighted by atomic mass is 10.2. The molecule has 2 aliphatic heterocycles. The zero-order chi connectivity index (χ0) is 29.2. The minimum Gasteiger partial charge on any atom is -0.484 e. The van der Waals surface area contributed by atoms with Crippen LogP contribution in [0, 0.1) is 0 Å². The number of aldehydes is 1. The molecule has 0 saturated carbocycles. The summed E-state index contributed by atoms with van der Waals surface area (Å²) in [5.74, 6) is 1.55. The number of piperazine rings is 1. The van der Waals surface area contributed by atoms with E-state index >= 15 is 0 Å². The number of rotatable bonds is 7. The molecule has 0 bridgehead atoms. The quantitative estimate of drug-likeness (QED) is 0.309. The van der Waals surface area contributed by atoms with Crippen LogP contribution in [0.3, 0.4) is 0 Å². The third-order valence-corrected chi connectivity index (χ3v) is 7.08. The van der Waals surface area contributed by atoms with Crippen molar-refractivity contribution < 1.29 is 28.6 Å². The minimum atomic E-state index is -0.904. The van der Waals surface area contributed by atoms with Gasteiger partial charge < -0.3 is 28.5 Å². The first-order valence-corrected chi connectivity index (χ1v) is 13.8. The van der Waals surface area contributed by atoms with Gasteiger partial charge in [-0.15, -0.1) is 0 Å². The number of furan rings is 1. The maximum Gasteiger partial charge on any atom is 0.335 e. The molecular formula is C30H35ClN4O6. The number of benzene rings is 2. The number of halogens is 1. The van der Waals surface area contributed by atoms with Crippen molar-refractivity contribution in [2.24, 2.45) is 7.05 Å². The molecule has 0 unspecified atom stereocenters. The third-order valence-electron chi connectivity index (χ3n) is 6.76. The third kappa shape index (κ3) is 8.64. The van der Waals surface area contributed by atoms with Crippen LogP contribution in [-0.4, -0.2) is 83.2 Å². The minimum absolute atomic E-state index is 0.248. The molecule has 2 aromatic carbocycles. The summed E-state index contributed by atoms with van der Waals surface area (Å²) in [4.78, 5) is 30.8. The van der Waals surface area contributed by atoms with E-state index in [1.165, 1.54) is 6.42 Å². The van der Waals surface area contributed by atoms with Gasteiger partial charge in [0.1, 0.15) is 23.9 Å². The normalized spacial score (nSPS) is 15.2. The zero-order valence-corrected chi connectivity index (χ0v) is 24.0. The molecule has 2 saturated heterocycles. The summed E-state index contributed by atoms with van der Waals surface area (Å²) in [7, 11) is 4.09. The van der Waals surface area contributed by atoms with Gasteiger partial charge in [-0.25, -0.2) is 9.78 Å². The molecule has 10 nitrogen and oxygen atoms in total. The number of carboxylic acid groups (broad SMARTS) is 1. The lowest BCUT2D eigenvalue weighted by molar-refractivity contribution is 0.0367. The second-order valence-corrected chi connectivity index (χ2v) is 10.2. The van der Waals surface area contributed by atoms with Gasteiger partial charge in [0.2, 0.25) is 0 Å². The maximum atomic E-state index is 11.1. The highest BCUT2D eigenvalue weighted by Gasteiger charge is 2.17. The van der Waals surface area contributed by atoms with Crippen LogP contribution in [0.2, 0.25) is 5.02 Å². The molecule has 1 N–H and O–H groups in total. The summed E-state index contributed by atoms with van der Waals surface area (Å²) in [6, 6.07) is 15.6. The summed E-state index contributed by atoms with van der Waals surface area (Å²) < 4.78 is 17.3. The van der Waals surface area contributed by atoms with Crippen molar-refractivity contribution in [1.29, 1.82) is 0 Å². The van der Waals surface area contributed by atoms with Crippen LogP contribution in [0.1, 0.15) is 38.9 Å². The molecule has 0 aliphatic carbocycles. The lowest BCUT2D eigenvalue weighted by Gasteiger charge is -2.31. The number of aryl methyl sites for hydroxylation is 1. The number of carbonyl (C=O) groups excluding carboxylic acids is 1. The topological polar surface area (TPSA) is 110 Å². The van der Waals surface area contributed by atoms with E-state index in [9.17, 15) is 9.59 Å². The standard InChI is InChI=1S/C15H20N4O2.C12H9ClO3.C3H6O/c1-17-5-7-19(8-6-17)10-14-16-12-4-3-11(15(20)21)9-13(12)18(14)2;13-11-3-1-2-4-12(11)15-8-10-6-5-9(7-14)16-10;1-2-4-3-1/h3-4,9H,5-8,10H2,1-2H3,(H,20,21);1-7H,8H2;1-3H2. The van der Waals surface area contributed by atoms with E-state index in [0.29, 0.717) is 28.4 Å². The van der Waals surface area contributed by atoms with Gasteiger partial charge in [0.05, 0.1) is 28.2 Å². The van der Waals surface area contributed by atoms with Crippen molar-refractivity contribution in [3.63, 3.8) is 0 Å². The molecule has 218 valence electrons. The number of hydrogen-bond donors (Lipinski definition) is 1. The number of aromatic carboxylic acids is 1. The van der Waals surface area contributed by atoms with Gasteiger partial charge in [-0.2, -0.15) is 0 Å². The molecule has 4 aromatic rings. The van der Waals surface area contributed by atoms with E-state index < -0.39 is 5.97 Å². The maximum absolute atomic E-state index is 11.1. The van der Waals surface area contributed by atoms with E-state index in [1.807, 2.05) is 23.7 Å². The Bertz CT molecular complexity index is 1440. The number of aromatic nitrogens is 2. The van der Waals surface area contributed by atoms with Crippen molar-refractivity contribution >= 4 is 34.9 Å². The molecule has 4 heterocycles. The van der Waals surface area contributed by atoms with Gasteiger partial charge in [-0.3, -0.25) is 9.69 Å². The molecule has 2 aromatic heterocycles. The Balaban J connectivity index is 0.000000171. The van der Waals surface area contributed by atoms with Crippen LogP contribution in [0.25, 0.3) is 11.0 Å². The highest BCUT2D eigenvalue weighted by molar-refractivity contribution is 6.32. The molecular weight excluding hydrogens is 548 g/mol. The lowest BCUT2D eigenvalue weighted by Crippen LogP contribution is -2.44. The summed E-state index contributed by atoms with van der Waals surface area (Å²) >= 11 is 5.91. The van der Waals surface area contributed by atoms with E-state index in [0.717, 1.165) is 62.8 Å². The molecule has 2 fully saturated rings. The smallest absolute Gasteiger partial charge is 0.335 e. The SMILES string of the molecule is C1COC1.CN1CCN(Cc2nc3ccc(C(=O)O)cc3n2C)CC1.O=Cc1ccc(COc2ccccc2Cl)o1. The Kier molecular flexibility index (Phi) is 10.9. The molecule has 0 amide bonds. The number of hydrogen-bond acceptors (Lipinski definition) is 8. The molecule has 0 atom stereocenters. The second kappa shape index (κ2) is 14.8. The highest BCUT2D eigenvalue weighted by atomic mass is 35.5. The number of carboxylic acids is 1. The average molecular weight is 583 g/mol. The van der Waals surface area contributed by atoms with Crippen LogP contribution in [0.15, 0.2) is 59.0 Å². The Labute approximate surface area is 244 Å². The number of ether oxygens (including phenoxy) is 2. The Morgan fingerprint density at radius 3 is 2.39 bits per heavy atom. The fourth-order valence-corrected chi connectivity index (χ4v) is 4.30. The predicted octanol–water partition coefficient (Wildman–Crippen LogP) is 4.75. The number of likely N-dealkylation sites (N-methyl/N-ethyl adjacent to an activating group) is 1. The summed E-state index contributed by atoms with van der Waals surface area (Å²) in [5, 5.41) is 9.63. The fraction of sp³-hybridized carbons (Fsp3) is 0.367. The van der Waals surface area contributed by atoms with Gasteiger partial charge in [0.15, 0.2) is 12.0 Å². The van der Waals surface area contributed by atoms with E-state index in [4.69, 9.17) is 30.6 Å². The van der Waals surface area contributed by atoms with Crippen LogP contribution < -0.4 is 4.74 Å². The largest absolute Gasteiger partial charge is 0.484 e. The van der Waals surface area contributed by atoms with Crippen LogP contribution in [-0.2, 0) is 24.9 Å². The number of nitrogens with zero attached hydrogens (tertiary/aromatic N) is 4. The zero-order valence-electron chi connectivity index (χ0n) is 23.3. The average Bonchev–Trinajstić information content (AvgIpc) is 3.52. The second-order valence-electron chi connectivity index (χ2n) is 9.78. The Morgan fingerprint density at radius 2 is 1.78 bits per heavy atom. The monoisotopic (exact) mass is 582 g/mol. The van der Waals surface area contributed by atoms with Crippen LogP contribution in [0.5, 0.6) is 5.75 Å². The van der Waals surface area contributed by atoms with E-state index in [2.05, 4.69) is 21.8 Å². The number of fused-ring (bicyclic) bond motifs is 1. The Hall–Kier alpha value is -3.70. The summed E-state index contributed by atoms with van der Waals surface area (Å²) in [5.41, 5.74) is 2.03. The number of para-hydroxylation sites is 1. The summed E-state index contributed by atoms with van der Waals surface area (Å²) in [6.07, 6.45) is 1.93. The van der Waals surface area contributed by atoms with Crippen molar-refractivity contribution in [2.45, 2.75) is 19.6 Å². The molecule has 2 aliphatic rings. The summed E-state index contributed by atoms with van der Waals surface area (Å²) in [6.45, 7) is 7.29. The Morgan fingerprint density at radius 1 is 1.07 bits per heavy atom.